The molecule has 0 fully saturated rings. The van der Waals surface area contributed by atoms with Crippen LogP contribution in [0.25, 0.3) is 0 Å². The van der Waals surface area contributed by atoms with Crippen LogP contribution < -0.4 is 0 Å². The second-order valence-electron chi connectivity index (χ2n) is 2.80. The maximum atomic E-state index is 10.6. The molecule has 1 aromatic rings. The third-order valence-corrected chi connectivity index (χ3v) is 1.85. The molecule has 0 aromatic heterocycles. The van der Waals surface area contributed by atoms with Crippen molar-refractivity contribution in [1.29, 1.82) is 0 Å². The van der Waals surface area contributed by atoms with Crippen molar-refractivity contribution in [1.82, 2.24) is 0 Å². The lowest BCUT2D eigenvalue weighted by molar-refractivity contribution is -0.138. The Bertz CT molecular complexity index is 292. The first-order valence-corrected chi connectivity index (χ1v) is 3.76. The maximum absolute atomic E-state index is 10.6. The van der Waals surface area contributed by atoms with Gasteiger partial charge in [-0.05, 0) is 19.4 Å². The van der Waals surface area contributed by atoms with E-state index in [0.29, 0.717) is 0 Å². The van der Waals surface area contributed by atoms with Gasteiger partial charge in [0, 0.05) is 1.37 Å². The lowest BCUT2D eigenvalue weighted by Crippen LogP contribution is -2.06. The summed E-state index contributed by atoms with van der Waals surface area (Å²) in [6.45, 7) is 1.89. The molecule has 1 atom stereocenters. The Hall–Kier alpha value is -1.31. The quantitative estimate of drug-likeness (QED) is 0.729. The predicted octanol–water partition coefficient (Wildman–Crippen LogP) is 2.18. The van der Waals surface area contributed by atoms with E-state index in [1.807, 2.05) is 0 Å². The largest absolute Gasteiger partial charge is 0.481 e. The molecule has 0 saturated heterocycles. The predicted molar refractivity (Wildman–Crippen MR) is 47.2 cm³/mol. The average Bonchev–Trinajstić information content (AvgIpc) is 2.17. The Balaban J connectivity index is 2.85. The van der Waals surface area contributed by atoms with Crippen LogP contribution in [0.15, 0.2) is 24.3 Å². The first-order chi connectivity index (χ1) is 6.15. The van der Waals surface area contributed by atoms with Gasteiger partial charge < -0.3 is 5.11 Å². The van der Waals surface area contributed by atoms with Gasteiger partial charge in [0.05, 0.1) is 5.92 Å². The van der Waals surface area contributed by atoms with E-state index in [-0.39, 0.29) is 6.90 Å². The molecule has 1 unspecified atom stereocenters. The molecule has 1 N–H and O–H groups in total. The minimum atomic E-state index is -0.821. The molecule has 2 heteroatoms. The van der Waals surface area contributed by atoms with Gasteiger partial charge in [-0.1, -0.05) is 29.8 Å². The molecule has 0 spiro atoms. The molecule has 0 radical (unpaired) electrons. The highest BCUT2D eigenvalue weighted by molar-refractivity contribution is 5.75. The third kappa shape index (κ3) is 1.84. The molecule has 2 nitrogen and oxygen atoms in total. The third-order valence-electron chi connectivity index (χ3n) is 1.85. The first-order valence-electron chi connectivity index (χ1n) is 4.46. The van der Waals surface area contributed by atoms with E-state index < -0.39 is 11.9 Å². The van der Waals surface area contributed by atoms with E-state index in [9.17, 15) is 4.79 Å². The van der Waals surface area contributed by atoms with Crippen molar-refractivity contribution in [2.24, 2.45) is 0 Å². The minimum absolute atomic E-state index is 0.238. The van der Waals surface area contributed by atoms with E-state index in [1.54, 1.807) is 31.2 Å². The van der Waals surface area contributed by atoms with Gasteiger partial charge in [0.25, 0.3) is 0 Å². The number of carboxylic acid groups (broad SMARTS) is 1. The molecule has 0 heterocycles. The van der Waals surface area contributed by atoms with Gasteiger partial charge in [-0.2, -0.15) is 0 Å². The zero-order chi connectivity index (χ0) is 9.84. The summed E-state index contributed by atoms with van der Waals surface area (Å²) in [5.41, 5.74) is 1.69. The van der Waals surface area contributed by atoms with Crippen LogP contribution in [0.3, 0.4) is 0 Å². The van der Waals surface area contributed by atoms with Crippen molar-refractivity contribution >= 4 is 5.97 Å². The van der Waals surface area contributed by atoms with Gasteiger partial charge >= 0.3 is 5.97 Å². The molecule has 0 aliphatic rings. The lowest BCUT2D eigenvalue weighted by atomic mass is 10.0. The fourth-order valence-corrected chi connectivity index (χ4v) is 0.949. The first kappa shape index (κ1) is 7.35. The molecule has 12 heavy (non-hydrogen) atoms. The van der Waals surface area contributed by atoms with Crippen molar-refractivity contribution < 1.29 is 11.3 Å². The second-order valence-corrected chi connectivity index (χ2v) is 2.80. The monoisotopic (exact) mass is 165 g/mol. The normalized spacial score (nSPS) is 13.6. The molecular formula is C10H12O2. The van der Waals surface area contributed by atoms with Crippen molar-refractivity contribution in [3.8, 4) is 0 Å². The summed E-state index contributed by atoms with van der Waals surface area (Å²) in [7, 11) is 0. The molecule has 0 aliphatic heterocycles. The van der Waals surface area contributed by atoms with Gasteiger partial charge in [0.1, 0.15) is 0 Å². The number of hydrogen-bond donors (Lipinski definition) is 1. The highest BCUT2D eigenvalue weighted by Crippen LogP contribution is 2.15. The molecule has 0 aliphatic carbocycles. The van der Waals surface area contributed by atoms with Crippen LogP contribution in [-0.4, -0.2) is 11.1 Å². The van der Waals surface area contributed by atoms with Crippen LogP contribution in [-0.2, 0) is 4.79 Å². The fraction of sp³-hybridized carbons (Fsp3) is 0.300. The summed E-state index contributed by atoms with van der Waals surface area (Å²) in [6, 6.07) is 7.12. The zero-order valence-corrected chi connectivity index (χ0v) is 6.95. The SMILES string of the molecule is [2H]Cc1ccc(C(C)C(=O)O)cc1. The zero-order valence-electron chi connectivity index (χ0n) is 7.95. The Morgan fingerprint density at radius 2 is 2.08 bits per heavy atom. The molecule has 1 aromatic carbocycles. The van der Waals surface area contributed by atoms with Crippen molar-refractivity contribution in [2.45, 2.75) is 19.7 Å². The number of hydrogen-bond acceptors (Lipinski definition) is 1. The van der Waals surface area contributed by atoms with Gasteiger partial charge in [-0.15, -0.1) is 0 Å². The maximum Gasteiger partial charge on any atom is 0.310 e. The molecule has 0 bridgehead atoms. The minimum Gasteiger partial charge on any atom is -0.481 e. The topological polar surface area (TPSA) is 37.3 Å². The number of aliphatic carboxylic acids is 1. The highest BCUT2D eigenvalue weighted by atomic mass is 16.4. The van der Waals surface area contributed by atoms with Crippen LogP contribution in [0.1, 0.15) is 25.3 Å². The van der Waals surface area contributed by atoms with Crippen LogP contribution in [0, 0.1) is 6.90 Å². The standard InChI is InChI=1S/C10H12O2/c1-7-3-5-9(6-4-7)8(2)10(11)12/h3-6,8H,1-2H3,(H,11,12)/i1D. The summed E-state index contributed by atoms with van der Waals surface area (Å²) in [6.07, 6.45) is 0. The van der Waals surface area contributed by atoms with Crippen LogP contribution in [0.2, 0.25) is 0 Å². The van der Waals surface area contributed by atoms with Crippen LogP contribution in [0.5, 0.6) is 0 Å². The number of carboxylic acids is 1. The Morgan fingerprint density at radius 3 is 2.50 bits per heavy atom. The van der Waals surface area contributed by atoms with Crippen molar-refractivity contribution in [2.75, 3.05) is 0 Å². The number of aryl methyl sites for hydroxylation is 1. The number of carbonyl (C=O) groups is 1. The second kappa shape index (κ2) is 3.39. The fourth-order valence-electron chi connectivity index (χ4n) is 0.949. The summed E-state index contributed by atoms with van der Waals surface area (Å²) >= 11 is 0. The van der Waals surface area contributed by atoms with E-state index in [0.717, 1.165) is 11.1 Å². The average molecular weight is 165 g/mol. The Morgan fingerprint density at radius 1 is 1.50 bits per heavy atom. The van der Waals surface area contributed by atoms with E-state index >= 15 is 0 Å². The summed E-state index contributed by atoms with van der Waals surface area (Å²) < 4.78 is 7.09. The van der Waals surface area contributed by atoms with Crippen LogP contribution >= 0.6 is 0 Å². The van der Waals surface area contributed by atoms with Crippen molar-refractivity contribution in [3.63, 3.8) is 0 Å². The lowest BCUT2D eigenvalue weighted by Gasteiger charge is -2.05. The molecular weight excluding hydrogens is 152 g/mol. The smallest absolute Gasteiger partial charge is 0.310 e. The Kier molecular flexibility index (Phi) is 2.08. The molecule has 0 saturated carbocycles. The van der Waals surface area contributed by atoms with E-state index in [1.165, 1.54) is 0 Å². The molecule has 0 amide bonds. The highest BCUT2D eigenvalue weighted by Gasteiger charge is 2.12. The Labute approximate surface area is 73.3 Å². The molecule has 1 rings (SSSR count). The van der Waals surface area contributed by atoms with Gasteiger partial charge in [0.15, 0.2) is 0 Å². The summed E-state index contributed by atoms with van der Waals surface area (Å²) in [4.78, 5) is 10.6. The van der Waals surface area contributed by atoms with Gasteiger partial charge in [0.2, 0.25) is 0 Å². The van der Waals surface area contributed by atoms with Crippen LogP contribution in [0.4, 0.5) is 0 Å². The van der Waals surface area contributed by atoms with E-state index in [4.69, 9.17) is 6.48 Å². The van der Waals surface area contributed by atoms with Crippen molar-refractivity contribution in [3.05, 3.63) is 35.4 Å². The van der Waals surface area contributed by atoms with Gasteiger partial charge in [-0.3, -0.25) is 4.79 Å². The van der Waals surface area contributed by atoms with Gasteiger partial charge in [-0.25, -0.2) is 0 Å². The number of benzene rings is 1. The molecule has 64 valence electrons. The summed E-state index contributed by atoms with van der Waals surface area (Å²) in [5, 5.41) is 8.72. The summed E-state index contributed by atoms with van der Waals surface area (Å²) in [5.74, 6) is -1.29. The van der Waals surface area contributed by atoms with E-state index in [2.05, 4.69) is 0 Å². The number of rotatable bonds is 2.